The fraction of sp³-hybridized carbons (Fsp3) is 0.923. The number of piperidine rings is 1. The van der Waals surface area contributed by atoms with Crippen molar-refractivity contribution in [3.63, 3.8) is 0 Å². The molecule has 2 aliphatic heterocycles. The van der Waals surface area contributed by atoms with Crippen LogP contribution in [-0.2, 0) is 14.6 Å². The van der Waals surface area contributed by atoms with E-state index in [9.17, 15) is 13.2 Å². The van der Waals surface area contributed by atoms with Gasteiger partial charge in [-0.25, -0.2) is 8.42 Å². The fourth-order valence-electron chi connectivity index (χ4n) is 3.08. The zero-order chi connectivity index (χ0) is 13.9. The summed E-state index contributed by atoms with van der Waals surface area (Å²) in [6, 6.07) is 0. The zero-order valence-electron chi connectivity index (χ0n) is 11.6. The summed E-state index contributed by atoms with van der Waals surface area (Å²) < 4.78 is 22.8. The van der Waals surface area contributed by atoms with E-state index in [1.54, 1.807) is 0 Å². The van der Waals surface area contributed by atoms with Gasteiger partial charge in [0.1, 0.15) is 0 Å². The molecule has 0 aromatic rings. The molecule has 0 spiro atoms. The Balaban J connectivity index is 1.86. The summed E-state index contributed by atoms with van der Waals surface area (Å²) in [7, 11) is -2.85. The number of carbonyl (C=O) groups is 1. The lowest BCUT2D eigenvalue weighted by atomic mass is 9.77. The Labute approximate surface area is 115 Å². The summed E-state index contributed by atoms with van der Waals surface area (Å²) in [5.41, 5.74) is -0.296. The first kappa shape index (κ1) is 14.8. The molecular formula is C13H24N2O3S. The summed E-state index contributed by atoms with van der Waals surface area (Å²) in [6.45, 7) is 4.26. The first-order valence-corrected chi connectivity index (χ1v) is 8.99. The highest BCUT2D eigenvalue weighted by atomic mass is 32.2. The molecule has 0 aromatic heterocycles. The molecule has 110 valence electrons. The Morgan fingerprint density at radius 2 is 2.26 bits per heavy atom. The monoisotopic (exact) mass is 288 g/mol. The van der Waals surface area contributed by atoms with Crippen LogP contribution in [0.3, 0.4) is 0 Å². The molecule has 0 aliphatic carbocycles. The molecule has 0 aromatic carbocycles. The molecule has 2 heterocycles. The van der Waals surface area contributed by atoms with Crippen molar-refractivity contribution >= 4 is 15.7 Å². The van der Waals surface area contributed by atoms with Gasteiger partial charge in [0.15, 0.2) is 9.84 Å². The maximum absolute atomic E-state index is 12.4. The van der Waals surface area contributed by atoms with Crippen LogP contribution < -0.4 is 10.6 Å². The van der Waals surface area contributed by atoms with E-state index in [0.29, 0.717) is 13.0 Å². The van der Waals surface area contributed by atoms with Crippen molar-refractivity contribution in [3.8, 4) is 0 Å². The summed E-state index contributed by atoms with van der Waals surface area (Å²) in [5.74, 6) is 0.685. The number of hydrogen-bond donors (Lipinski definition) is 2. The van der Waals surface area contributed by atoms with Gasteiger partial charge in [-0.3, -0.25) is 4.79 Å². The molecule has 2 unspecified atom stereocenters. The molecule has 2 N–H and O–H groups in total. The molecule has 0 saturated carbocycles. The van der Waals surface area contributed by atoms with Crippen LogP contribution in [0.15, 0.2) is 0 Å². The highest BCUT2D eigenvalue weighted by Gasteiger charge is 2.38. The van der Waals surface area contributed by atoms with Crippen molar-refractivity contribution in [1.82, 2.24) is 10.6 Å². The lowest BCUT2D eigenvalue weighted by molar-refractivity contribution is -0.132. The lowest BCUT2D eigenvalue weighted by Crippen LogP contribution is -2.51. The highest BCUT2D eigenvalue weighted by molar-refractivity contribution is 7.91. The standard InChI is InChI=1S/C13H24N2O3S/c1-2-13(5-3-6-14-10-13)12(16)15-8-11-4-7-19(17,18)9-11/h11,14H,2-10H2,1H3,(H,15,16). The topological polar surface area (TPSA) is 75.3 Å². The minimum absolute atomic E-state index is 0.0893. The lowest BCUT2D eigenvalue weighted by Gasteiger charge is -2.35. The second kappa shape index (κ2) is 5.79. The normalized spacial score (nSPS) is 34.1. The Kier molecular flexibility index (Phi) is 4.50. The van der Waals surface area contributed by atoms with E-state index in [1.807, 2.05) is 6.92 Å². The van der Waals surface area contributed by atoms with E-state index >= 15 is 0 Å². The second-order valence-corrected chi connectivity index (χ2v) is 8.12. The molecule has 2 fully saturated rings. The largest absolute Gasteiger partial charge is 0.355 e. The van der Waals surface area contributed by atoms with E-state index < -0.39 is 9.84 Å². The summed E-state index contributed by atoms with van der Waals surface area (Å²) in [5, 5.41) is 6.27. The smallest absolute Gasteiger partial charge is 0.227 e. The predicted molar refractivity (Wildman–Crippen MR) is 74.6 cm³/mol. The molecule has 19 heavy (non-hydrogen) atoms. The van der Waals surface area contributed by atoms with Gasteiger partial charge in [-0.2, -0.15) is 0 Å². The van der Waals surface area contributed by atoms with E-state index in [4.69, 9.17) is 0 Å². The Morgan fingerprint density at radius 3 is 2.79 bits per heavy atom. The summed E-state index contributed by atoms with van der Waals surface area (Å²) in [6.07, 6.45) is 3.46. The van der Waals surface area contributed by atoms with Crippen LogP contribution >= 0.6 is 0 Å². The number of sulfone groups is 1. The van der Waals surface area contributed by atoms with Gasteiger partial charge in [-0.1, -0.05) is 6.92 Å². The number of hydrogen-bond acceptors (Lipinski definition) is 4. The Morgan fingerprint density at radius 1 is 1.47 bits per heavy atom. The van der Waals surface area contributed by atoms with Gasteiger partial charge in [-0.05, 0) is 38.1 Å². The van der Waals surface area contributed by atoms with Gasteiger partial charge in [-0.15, -0.1) is 0 Å². The zero-order valence-corrected chi connectivity index (χ0v) is 12.4. The van der Waals surface area contributed by atoms with Crippen LogP contribution in [0, 0.1) is 11.3 Å². The first-order valence-electron chi connectivity index (χ1n) is 7.17. The van der Waals surface area contributed by atoms with Crippen LogP contribution in [0.5, 0.6) is 0 Å². The molecule has 0 radical (unpaired) electrons. The molecule has 6 heteroatoms. The SMILES string of the molecule is CCC1(C(=O)NCC2CCS(=O)(=O)C2)CCCNC1. The summed E-state index contributed by atoms with van der Waals surface area (Å²) in [4.78, 5) is 12.4. The van der Waals surface area contributed by atoms with E-state index in [2.05, 4.69) is 10.6 Å². The van der Waals surface area contributed by atoms with E-state index in [0.717, 1.165) is 32.4 Å². The maximum atomic E-state index is 12.4. The third-order valence-corrected chi connectivity index (χ3v) is 6.35. The third-order valence-electron chi connectivity index (χ3n) is 4.51. The van der Waals surface area contributed by atoms with Crippen molar-refractivity contribution in [3.05, 3.63) is 0 Å². The maximum Gasteiger partial charge on any atom is 0.227 e. The van der Waals surface area contributed by atoms with Gasteiger partial charge < -0.3 is 10.6 Å². The van der Waals surface area contributed by atoms with Crippen LogP contribution in [0.2, 0.25) is 0 Å². The van der Waals surface area contributed by atoms with Gasteiger partial charge in [0.25, 0.3) is 0 Å². The van der Waals surface area contributed by atoms with E-state index in [-0.39, 0.29) is 28.7 Å². The van der Waals surface area contributed by atoms with Crippen LogP contribution in [-0.4, -0.2) is 45.5 Å². The van der Waals surface area contributed by atoms with Gasteiger partial charge in [0.2, 0.25) is 5.91 Å². The first-order chi connectivity index (χ1) is 8.97. The number of amides is 1. The van der Waals surface area contributed by atoms with Crippen LogP contribution in [0.25, 0.3) is 0 Å². The summed E-state index contributed by atoms with van der Waals surface area (Å²) >= 11 is 0. The molecule has 2 rings (SSSR count). The number of rotatable bonds is 4. The molecule has 1 amide bonds. The third kappa shape index (κ3) is 3.48. The molecule has 2 saturated heterocycles. The second-order valence-electron chi connectivity index (χ2n) is 5.89. The van der Waals surface area contributed by atoms with E-state index in [1.165, 1.54) is 0 Å². The fourth-order valence-corrected chi connectivity index (χ4v) is 4.94. The molecule has 0 bridgehead atoms. The predicted octanol–water partition coefficient (Wildman–Crippen LogP) is 0.317. The number of carbonyl (C=O) groups excluding carboxylic acids is 1. The van der Waals surface area contributed by atoms with Crippen molar-refractivity contribution in [2.75, 3.05) is 31.1 Å². The van der Waals surface area contributed by atoms with Crippen molar-refractivity contribution < 1.29 is 13.2 Å². The Hall–Kier alpha value is -0.620. The van der Waals surface area contributed by atoms with Crippen molar-refractivity contribution in [2.45, 2.75) is 32.6 Å². The van der Waals surface area contributed by atoms with Crippen molar-refractivity contribution in [2.24, 2.45) is 11.3 Å². The average Bonchev–Trinajstić information content (AvgIpc) is 2.76. The average molecular weight is 288 g/mol. The molecular weight excluding hydrogens is 264 g/mol. The van der Waals surface area contributed by atoms with Crippen molar-refractivity contribution in [1.29, 1.82) is 0 Å². The minimum Gasteiger partial charge on any atom is -0.355 e. The highest BCUT2D eigenvalue weighted by Crippen LogP contribution is 2.30. The molecule has 5 nitrogen and oxygen atoms in total. The van der Waals surface area contributed by atoms with Gasteiger partial charge >= 0.3 is 0 Å². The van der Waals surface area contributed by atoms with Gasteiger partial charge in [0, 0.05) is 13.1 Å². The number of nitrogens with one attached hydrogen (secondary N) is 2. The van der Waals surface area contributed by atoms with Gasteiger partial charge in [0.05, 0.1) is 16.9 Å². The Bertz CT molecular complexity index is 427. The molecule has 2 atom stereocenters. The van der Waals surface area contributed by atoms with Crippen LogP contribution in [0.4, 0.5) is 0 Å². The quantitative estimate of drug-likeness (QED) is 0.781. The minimum atomic E-state index is -2.85. The molecule has 2 aliphatic rings. The van der Waals surface area contributed by atoms with Crippen LogP contribution in [0.1, 0.15) is 32.6 Å².